The predicted molar refractivity (Wildman–Crippen MR) is 105 cm³/mol. The molecule has 0 aliphatic carbocycles. The van der Waals surface area contributed by atoms with Gasteiger partial charge in [0, 0.05) is 24.9 Å². The minimum Gasteiger partial charge on any atom is -0.493 e. The van der Waals surface area contributed by atoms with Gasteiger partial charge in [-0.3, -0.25) is 14.5 Å². The number of nitrogens with zero attached hydrogens (tertiary/aromatic N) is 1. The van der Waals surface area contributed by atoms with Crippen LogP contribution < -0.4 is 9.46 Å². The van der Waals surface area contributed by atoms with Gasteiger partial charge in [-0.1, -0.05) is 12.1 Å². The zero-order valence-electron chi connectivity index (χ0n) is 15.6. The van der Waals surface area contributed by atoms with Crippen LogP contribution in [0.1, 0.15) is 24.8 Å². The van der Waals surface area contributed by atoms with E-state index in [1.807, 2.05) is 0 Å². The number of carbonyl (C=O) groups excluding carboxylic acids is 1. The van der Waals surface area contributed by atoms with Crippen molar-refractivity contribution in [2.75, 3.05) is 19.8 Å². The summed E-state index contributed by atoms with van der Waals surface area (Å²) in [6.45, 7) is 0.878. The SMILES string of the molecule is O=C(CCCN=C1NS(=O)(=O)c2ccccc21)OCCCOc1ccc(F)cc1. The van der Waals surface area contributed by atoms with Crippen LogP contribution in [0.25, 0.3) is 0 Å². The largest absolute Gasteiger partial charge is 0.493 e. The average Bonchev–Trinajstić information content (AvgIpc) is 2.97. The topological polar surface area (TPSA) is 94.1 Å². The highest BCUT2D eigenvalue weighted by atomic mass is 32.2. The molecule has 0 fully saturated rings. The smallest absolute Gasteiger partial charge is 0.305 e. The van der Waals surface area contributed by atoms with Gasteiger partial charge in [-0.15, -0.1) is 0 Å². The van der Waals surface area contributed by atoms with E-state index in [0.29, 0.717) is 43.1 Å². The van der Waals surface area contributed by atoms with E-state index >= 15 is 0 Å². The third kappa shape index (κ3) is 5.77. The first-order chi connectivity index (χ1) is 14.0. The van der Waals surface area contributed by atoms with Gasteiger partial charge >= 0.3 is 5.97 Å². The quantitative estimate of drug-likeness (QED) is 0.497. The summed E-state index contributed by atoms with van der Waals surface area (Å²) < 4.78 is 49.7. The number of esters is 1. The fourth-order valence-corrected chi connectivity index (χ4v) is 3.95. The number of hydrogen-bond donors (Lipinski definition) is 1. The lowest BCUT2D eigenvalue weighted by atomic mass is 10.2. The van der Waals surface area contributed by atoms with Gasteiger partial charge in [-0.05, 0) is 42.8 Å². The first-order valence-corrected chi connectivity index (χ1v) is 10.6. The van der Waals surface area contributed by atoms with Crippen LogP contribution in [0.15, 0.2) is 58.4 Å². The third-order valence-corrected chi connectivity index (χ3v) is 5.50. The Hall–Kier alpha value is -2.94. The molecule has 0 amide bonds. The fourth-order valence-electron chi connectivity index (χ4n) is 2.70. The zero-order chi connectivity index (χ0) is 20.7. The number of ether oxygens (including phenoxy) is 2. The lowest BCUT2D eigenvalue weighted by Crippen LogP contribution is -2.22. The molecule has 0 radical (unpaired) electrons. The molecule has 1 N–H and O–H groups in total. The Kier molecular flexibility index (Phi) is 6.82. The number of aliphatic imine (C=N–C) groups is 1. The van der Waals surface area contributed by atoms with Crippen molar-refractivity contribution in [3.63, 3.8) is 0 Å². The lowest BCUT2D eigenvalue weighted by molar-refractivity contribution is -0.143. The maximum atomic E-state index is 12.8. The Bertz CT molecular complexity index is 990. The minimum atomic E-state index is -3.55. The number of sulfonamides is 1. The van der Waals surface area contributed by atoms with E-state index in [9.17, 15) is 17.6 Å². The van der Waals surface area contributed by atoms with Gasteiger partial charge < -0.3 is 9.47 Å². The monoisotopic (exact) mass is 420 g/mol. The van der Waals surface area contributed by atoms with Crippen LogP contribution in [0.4, 0.5) is 4.39 Å². The highest BCUT2D eigenvalue weighted by molar-refractivity contribution is 7.90. The van der Waals surface area contributed by atoms with Crippen LogP contribution in [0.5, 0.6) is 5.75 Å². The second kappa shape index (κ2) is 9.51. The van der Waals surface area contributed by atoms with Crippen LogP contribution in [-0.2, 0) is 19.6 Å². The molecule has 0 bridgehead atoms. The van der Waals surface area contributed by atoms with Crippen molar-refractivity contribution in [1.82, 2.24) is 4.72 Å². The molecule has 0 atom stereocenters. The van der Waals surface area contributed by atoms with E-state index in [-0.39, 0.29) is 29.7 Å². The predicted octanol–water partition coefficient (Wildman–Crippen LogP) is 2.66. The molecule has 1 aliphatic rings. The van der Waals surface area contributed by atoms with Crippen molar-refractivity contribution in [3.05, 3.63) is 59.9 Å². The summed E-state index contributed by atoms with van der Waals surface area (Å²) in [7, 11) is -3.55. The molecule has 9 heteroatoms. The molecule has 1 aliphatic heterocycles. The van der Waals surface area contributed by atoms with Crippen molar-refractivity contribution in [1.29, 1.82) is 0 Å². The van der Waals surface area contributed by atoms with Crippen molar-refractivity contribution in [2.24, 2.45) is 4.99 Å². The maximum absolute atomic E-state index is 12.8. The molecule has 2 aromatic rings. The Morgan fingerprint density at radius 1 is 1.03 bits per heavy atom. The third-order valence-electron chi connectivity index (χ3n) is 4.11. The molecular weight excluding hydrogens is 399 g/mol. The van der Waals surface area contributed by atoms with Gasteiger partial charge in [0.15, 0.2) is 0 Å². The van der Waals surface area contributed by atoms with Gasteiger partial charge in [-0.25, -0.2) is 12.8 Å². The van der Waals surface area contributed by atoms with Crippen LogP contribution in [0.2, 0.25) is 0 Å². The van der Waals surface area contributed by atoms with Gasteiger partial charge in [0.25, 0.3) is 10.0 Å². The summed E-state index contributed by atoms with van der Waals surface area (Å²) in [5.41, 5.74) is 0.538. The molecule has 3 rings (SSSR count). The Morgan fingerprint density at radius 2 is 1.79 bits per heavy atom. The van der Waals surface area contributed by atoms with Gasteiger partial charge in [0.1, 0.15) is 17.4 Å². The van der Waals surface area contributed by atoms with Crippen LogP contribution in [0, 0.1) is 5.82 Å². The summed E-state index contributed by atoms with van der Waals surface area (Å²) in [4.78, 5) is 16.2. The maximum Gasteiger partial charge on any atom is 0.305 e. The number of amidine groups is 1. The fraction of sp³-hybridized carbons (Fsp3) is 0.300. The number of hydrogen-bond acceptors (Lipinski definition) is 6. The average molecular weight is 420 g/mol. The number of nitrogens with one attached hydrogen (secondary N) is 1. The van der Waals surface area contributed by atoms with Gasteiger partial charge in [0.05, 0.1) is 18.1 Å². The molecule has 29 heavy (non-hydrogen) atoms. The molecule has 0 saturated heterocycles. The molecule has 0 saturated carbocycles. The van der Waals surface area contributed by atoms with Gasteiger partial charge in [-0.2, -0.15) is 0 Å². The molecule has 0 unspecified atom stereocenters. The Morgan fingerprint density at radius 3 is 2.59 bits per heavy atom. The second-order valence-corrected chi connectivity index (χ2v) is 7.96. The summed E-state index contributed by atoms with van der Waals surface area (Å²) in [6.07, 6.45) is 1.15. The Labute approximate surface area is 168 Å². The van der Waals surface area contributed by atoms with Crippen molar-refractivity contribution < 1.29 is 27.1 Å². The Balaban J connectivity index is 1.32. The van der Waals surface area contributed by atoms with Crippen LogP contribution >= 0.6 is 0 Å². The molecular formula is C20H21FN2O5S. The summed E-state index contributed by atoms with van der Waals surface area (Å²) in [5, 5.41) is 0. The van der Waals surface area contributed by atoms with E-state index < -0.39 is 10.0 Å². The molecule has 2 aromatic carbocycles. The van der Waals surface area contributed by atoms with E-state index in [2.05, 4.69) is 9.71 Å². The summed E-state index contributed by atoms with van der Waals surface area (Å²) in [6, 6.07) is 12.3. The molecule has 1 heterocycles. The normalized spacial score (nSPS) is 15.6. The highest BCUT2D eigenvalue weighted by Crippen LogP contribution is 2.22. The summed E-state index contributed by atoms with van der Waals surface area (Å²) >= 11 is 0. The number of halogens is 1. The molecule has 0 spiro atoms. The van der Waals surface area contributed by atoms with E-state index in [1.54, 1.807) is 18.2 Å². The lowest BCUT2D eigenvalue weighted by Gasteiger charge is -2.07. The van der Waals surface area contributed by atoms with Crippen LogP contribution in [0.3, 0.4) is 0 Å². The second-order valence-electron chi connectivity index (χ2n) is 6.31. The van der Waals surface area contributed by atoms with E-state index in [1.165, 1.54) is 30.3 Å². The van der Waals surface area contributed by atoms with Crippen LogP contribution in [-0.4, -0.2) is 40.0 Å². The first kappa shape index (κ1) is 20.8. The zero-order valence-corrected chi connectivity index (χ0v) is 16.5. The molecule has 154 valence electrons. The number of rotatable bonds is 9. The number of benzene rings is 2. The van der Waals surface area contributed by atoms with Crippen molar-refractivity contribution in [3.8, 4) is 5.75 Å². The molecule has 7 nitrogen and oxygen atoms in total. The summed E-state index contributed by atoms with van der Waals surface area (Å²) in [5.74, 6) is 0.179. The standard InChI is InChI=1S/C20H21FN2O5S/c21-15-8-10-16(11-9-15)27-13-4-14-28-19(24)7-3-12-22-20-17-5-1-2-6-18(17)29(25,26)23-20/h1-2,5-6,8-11H,3-4,7,12-14H2,(H,22,23). The number of fused-ring (bicyclic) bond motifs is 1. The highest BCUT2D eigenvalue weighted by Gasteiger charge is 2.29. The number of carbonyl (C=O) groups is 1. The van der Waals surface area contributed by atoms with Crippen molar-refractivity contribution >= 4 is 21.8 Å². The van der Waals surface area contributed by atoms with E-state index in [0.717, 1.165) is 0 Å². The minimum absolute atomic E-state index is 0.185. The van der Waals surface area contributed by atoms with Crippen molar-refractivity contribution in [2.45, 2.75) is 24.2 Å². The van der Waals surface area contributed by atoms with Gasteiger partial charge in [0.2, 0.25) is 0 Å². The molecule has 0 aromatic heterocycles. The first-order valence-electron chi connectivity index (χ1n) is 9.16. The van der Waals surface area contributed by atoms with E-state index in [4.69, 9.17) is 9.47 Å².